The Bertz CT molecular complexity index is 996. The molecule has 1 aromatic heterocycles. The van der Waals surface area contributed by atoms with Crippen molar-refractivity contribution in [1.82, 2.24) is 4.98 Å². The summed E-state index contributed by atoms with van der Waals surface area (Å²) in [6.45, 7) is 6.05. The smallest absolute Gasteiger partial charge is 0.256 e. The van der Waals surface area contributed by atoms with Crippen LogP contribution in [0.15, 0.2) is 42.5 Å². The van der Waals surface area contributed by atoms with Crippen LogP contribution in [0.1, 0.15) is 41.4 Å². The number of aromatic nitrogens is 1. The third-order valence-corrected chi connectivity index (χ3v) is 4.55. The van der Waals surface area contributed by atoms with Gasteiger partial charge in [-0.3, -0.25) is 9.78 Å². The van der Waals surface area contributed by atoms with Crippen molar-refractivity contribution < 1.29 is 14.3 Å². The van der Waals surface area contributed by atoms with Gasteiger partial charge in [0.2, 0.25) is 0 Å². The molecule has 1 amide bonds. The largest absolute Gasteiger partial charge is 0.493 e. The number of rotatable bonds is 5. The fourth-order valence-corrected chi connectivity index (χ4v) is 2.98. The van der Waals surface area contributed by atoms with Gasteiger partial charge in [0.25, 0.3) is 5.91 Å². The van der Waals surface area contributed by atoms with Crippen molar-refractivity contribution in [2.45, 2.75) is 26.7 Å². The SMILES string of the molecule is COc1cc(C)c(NC(=O)c2cc(C(C)C)nc3ccccc23)cc1OC. The van der Waals surface area contributed by atoms with Crippen molar-refractivity contribution in [2.24, 2.45) is 0 Å². The number of nitrogens with zero attached hydrogens (tertiary/aromatic N) is 1. The third kappa shape index (κ3) is 3.72. The van der Waals surface area contributed by atoms with Gasteiger partial charge in [0.05, 0.1) is 25.3 Å². The molecule has 1 heterocycles. The molecule has 1 N–H and O–H groups in total. The average Bonchev–Trinajstić information content (AvgIpc) is 2.68. The molecule has 0 saturated heterocycles. The van der Waals surface area contributed by atoms with Gasteiger partial charge in [-0.15, -0.1) is 0 Å². The highest BCUT2D eigenvalue weighted by Crippen LogP contribution is 2.33. The molecule has 0 bridgehead atoms. The van der Waals surface area contributed by atoms with E-state index in [-0.39, 0.29) is 11.8 Å². The summed E-state index contributed by atoms with van der Waals surface area (Å²) >= 11 is 0. The van der Waals surface area contributed by atoms with Gasteiger partial charge in [-0.1, -0.05) is 32.0 Å². The van der Waals surface area contributed by atoms with E-state index in [4.69, 9.17) is 9.47 Å². The second kappa shape index (κ2) is 7.66. The topological polar surface area (TPSA) is 60.5 Å². The zero-order valence-electron chi connectivity index (χ0n) is 16.3. The zero-order valence-corrected chi connectivity index (χ0v) is 16.3. The van der Waals surface area contributed by atoms with E-state index in [1.807, 2.05) is 43.3 Å². The molecule has 0 aliphatic rings. The summed E-state index contributed by atoms with van der Waals surface area (Å²) in [5.41, 5.74) is 3.90. The number of ether oxygens (including phenoxy) is 2. The number of methoxy groups -OCH3 is 2. The molecule has 0 spiro atoms. The van der Waals surface area contributed by atoms with Crippen molar-refractivity contribution in [3.63, 3.8) is 0 Å². The van der Waals surface area contributed by atoms with E-state index in [0.717, 1.165) is 22.2 Å². The second-order valence-corrected chi connectivity index (χ2v) is 6.74. The van der Waals surface area contributed by atoms with Crippen molar-refractivity contribution in [3.05, 3.63) is 59.3 Å². The summed E-state index contributed by atoms with van der Waals surface area (Å²) < 4.78 is 10.7. The van der Waals surface area contributed by atoms with E-state index >= 15 is 0 Å². The number of carbonyl (C=O) groups is 1. The molecule has 0 atom stereocenters. The standard InChI is InChI=1S/C22H24N2O3/c1-13(2)18-11-16(15-8-6-7-9-17(15)23-18)22(25)24-19-12-21(27-5)20(26-4)10-14(19)3/h6-13H,1-5H3,(H,24,25). The molecular weight excluding hydrogens is 340 g/mol. The van der Waals surface area contributed by atoms with Crippen molar-refractivity contribution in [1.29, 1.82) is 0 Å². The van der Waals surface area contributed by atoms with Gasteiger partial charge >= 0.3 is 0 Å². The Kier molecular flexibility index (Phi) is 5.31. The van der Waals surface area contributed by atoms with Gasteiger partial charge in [-0.25, -0.2) is 0 Å². The van der Waals surface area contributed by atoms with Crippen LogP contribution in [0.2, 0.25) is 0 Å². The summed E-state index contributed by atoms with van der Waals surface area (Å²) in [4.78, 5) is 17.8. The highest BCUT2D eigenvalue weighted by atomic mass is 16.5. The Balaban J connectivity index is 2.04. The number of para-hydroxylation sites is 1. The van der Waals surface area contributed by atoms with Crippen molar-refractivity contribution in [2.75, 3.05) is 19.5 Å². The summed E-state index contributed by atoms with van der Waals surface area (Å²) in [5.74, 6) is 1.25. The first-order valence-corrected chi connectivity index (χ1v) is 8.88. The Morgan fingerprint density at radius 1 is 1.04 bits per heavy atom. The van der Waals surface area contributed by atoms with Gasteiger partial charge in [0.1, 0.15) is 0 Å². The quantitative estimate of drug-likeness (QED) is 0.697. The normalized spacial score (nSPS) is 10.9. The van der Waals surface area contributed by atoms with E-state index in [2.05, 4.69) is 24.1 Å². The maximum absolute atomic E-state index is 13.1. The zero-order chi connectivity index (χ0) is 19.6. The fourth-order valence-electron chi connectivity index (χ4n) is 2.98. The first kappa shape index (κ1) is 18.7. The molecule has 5 heteroatoms. The molecule has 2 aromatic carbocycles. The van der Waals surface area contributed by atoms with Crippen molar-refractivity contribution >= 4 is 22.5 Å². The summed E-state index contributed by atoms with van der Waals surface area (Å²) in [7, 11) is 3.16. The number of carbonyl (C=O) groups excluding carboxylic acids is 1. The Hall–Kier alpha value is -3.08. The molecule has 140 valence electrons. The van der Waals surface area contributed by atoms with E-state index in [0.29, 0.717) is 22.7 Å². The lowest BCUT2D eigenvalue weighted by atomic mass is 10.0. The predicted molar refractivity (Wildman–Crippen MR) is 108 cm³/mol. The average molecular weight is 364 g/mol. The Morgan fingerprint density at radius 2 is 1.70 bits per heavy atom. The van der Waals surface area contributed by atoms with Gasteiger partial charge in [-0.05, 0) is 36.6 Å². The molecule has 0 unspecified atom stereocenters. The number of benzene rings is 2. The summed E-state index contributed by atoms with van der Waals surface area (Å²) in [6, 6.07) is 13.2. The minimum atomic E-state index is -0.175. The van der Waals surface area contributed by atoms with Crippen LogP contribution < -0.4 is 14.8 Å². The summed E-state index contributed by atoms with van der Waals surface area (Å²) in [5, 5.41) is 3.84. The van der Waals surface area contributed by atoms with Crippen LogP contribution in [0, 0.1) is 6.92 Å². The Labute approximate surface area is 159 Å². The van der Waals surface area contributed by atoms with Crippen LogP contribution >= 0.6 is 0 Å². The van der Waals surface area contributed by atoms with Crippen LogP contribution in [0.4, 0.5) is 5.69 Å². The van der Waals surface area contributed by atoms with E-state index < -0.39 is 0 Å². The highest BCUT2D eigenvalue weighted by Gasteiger charge is 2.17. The van der Waals surface area contributed by atoms with E-state index in [1.165, 1.54) is 0 Å². The molecule has 3 rings (SSSR count). The molecular formula is C22H24N2O3. The van der Waals surface area contributed by atoms with E-state index in [9.17, 15) is 4.79 Å². The van der Waals surface area contributed by atoms with Gasteiger partial charge in [0.15, 0.2) is 11.5 Å². The number of nitrogens with one attached hydrogen (secondary N) is 1. The first-order chi connectivity index (χ1) is 12.9. The molecule has 27 heavy (non-hydrogen) atoms. The fraction of sp³-hybridized carbons (Fsp3) is 0.273. The number of hydrogen-bond donors (Lipinski definition) is 1. The van der Waals surface area contributed by atoms with Crippen LogP contribution in [-0.2, 0) is 0 Å². The molecule has 5 nitrogen and oxygen atoms in total. The van der Waals surface area contributed by atoms with Crippen molar-refractivity contribution in [3.8, 4) is 11.5 Å². The molecule has 0 radical (unpaired) electrons. The highest BCUT2D eigenvalue weighted by molar-refractivity contribution is 6.12. The number of fused-ring (bicyclic) bond motifs is 1. The number of anilines is 1. The lowest BCUT2D eigenvalue weighted by molar-refractivity contribution is 0.102. The number of pyridine rings is 1. The van der Waals surface area contributed by atoms with Crippen LogP contribution in [-0.4, -0.2) is 25.1 Å². The second-order valence-electron chi connectivity index (χ2n) is 6.74. The van der Waals surface area contributed by atoms with Crippen LogP contribution in [0.25, 0.3) is 10.9 Å². The lowest BCUT2D eigenvalue weighted by Gasteiger charge is -2.15. The maximum atomic E-state index is 13.1. The van der Waals surface area contributed by atoms with Crippen LogP contribution in [0.3, 0.4) is 0 Å². The minimum absolute atomic E-state index is 0.175. The molecule has 0 saturated carbocycles. The maximum Gasteiger partial charge on any atom is 0.256 e. The lowest BCUT2D eigenvalue weighted by Crippen LogP contribution is -2.15. The summed E-state index contributed by atoms with van der Waals surface area (Å²) in [6.07, 6.45) is 0. The number of hydrogen-bond acceptors (Lipinski definition) is 4. The molecule has 0 aliphatic heterocycles. The van der Waals surface area contributed by atoms with Crippen LogP contribution in [0.5, 0.6) is 11.5 Å². The van der Waals surface area contributed by atoms with Gasteiger partial charge in [-0.2, -0.15) is 0 Å². The van der Waals surface area contributed by atoms with E-state index in [1.54, 1.807) is 20.3 Å². The number of amides is 1. The predicted octanol–water partition coefficient (Wildman–Crippen LogP) is 4.94. The van der Waals surface area contributed by atoms with Gasteiger partial charge < -0.3 is 14.8 Å². The monoisotopic (exact) mass is 364 g/mol. The number of aryl methyl sites for hydroxylation is 1. The molecule has 0 aliphatic carbocycles. The van der Waals surface area contributed by atoms with Gasteiger partial charge in [0, 0.05) is 22.8 Å². The minimum Gasteiger partial charge on any atom is -0.493 e. The Morgan fingerprint density at radius 3 is 2.37 bits per heavy atom. The third-order valence-electron chi connectivity index (χ3n) is 4.55. The molecule has 0 fully saturated rings. The molecule has 3 aromatic rings. The first-order valence-electron chi connectivity index (χ1n) is 8.88.